The summed E-state index contributed by atoms with van der Waals surface area (Å²) in [5.41, 5.74) is 0.363. The first-order valence-corrected chi connectivity index (χ1v) is 2.78. The highest BCUT2D eigenvalue weighted by atomic mass is 16.5. The van der Waals surface area contributed by atoms with Gasteiger partial charge in [-0.25, -0.2) is 4.79 Å². The molecular formula is C6H8O3. The highest BCUT2D eigenvalue weighted by Crippen LogP contribution is 2.16. The third kappa shape index (κ3) is 1.22. The van der Waals surface area contributed by atoms with E-state index in [-0.39, 0.29) is 6.10 Å². The normalized spacial score (nSPS) is 25.0. The van der Waals surface area contributed by atoms with E-state index in [1.54, 1.807) is 0 Å². The predicted molar refractivity (Wildman–Crippen MR) is 30.9 cm³/mol. The smallest absolute Gasteiger partial charge is 0.334 e. The third-order valence-electron chi connectivity index (χ3n) is 1.22. The van der Waals surface area contributed by atoms with Gasteiger partial charge in [0.15, 0.2) is 0 Å². The molecule has 0 aromatic heterocycles. The maximum atomic E-state index is 10.2. The van der Waals surface area contributed by atoms with Crippen molar-refractivity contribution in [1.82, 2.24) is 0 Å². The third-order valence-corrected chi connectivity index (χ3v) is 1.22. The molecule has 9 heavy (non-hydrogen) atoms. The van der Waals surface area contributed by atoms with E-state index in [4.69, 9.17) is 9.84 Å². The number of carboxylic acids is 1. The van der Waals surface area contributed by atoms with Crippen LogP contribution in [0.2, 0.25) is 0 Å². The van der Waals surface area contributed by atoms with Gasteiger partial charge in [0, 0.05) is 6.42 Å². The van der Waals surface area contributed by atoms with Crippen molar-refractivity contribution in [3.63, 3.8) is 0 Å². The number of hydrogen-bond donors (Lipinski definition) is 1. The highest BCUT2D eigenvalue weighted by Gasteiger charge is 2.18. The van der Waals surface area contributed by atoms with Crippen LogP contribution in [0.3, 0.4) is 0 Å². The molecule has 0 fully saturated rings. The average molecular weight is 128 g/mol. The first kappa shape index (κ1) is 6.13. The van der Waals surface area contributed by atoms with Crippen molar-refractivity contribution in [2.24, 2.45) is 0 Å². The lowest BCUT2D eigenvalue weighted by atomic mass is 10.2. The maximum Gasteiger partial charge on any atom is 0.334 e. The molecular weight excluding hydrogens is 120 g/mol. The van der Waals surface area contributed by atoms with Gasteiger partial charge in [0.25, 0.3) is 0 Å². The van der Waals surface area contributed by atoms with Crippen LogP contribution in [0.25, 0.3) is 0 Å². The lowest BCUT2D eigenvalue weighted by Gasteiger charge is -1.97. The second-order valence-corrected chi connectivity index (χ2v) is 2.10. The molecule has 0 aliphatic carbocycles. The quantitative estimate of drug-likeness (QED) is 0.567. The van der Waals surface area contributed by atoms with Gasteiger partial charge in [-0.05, 0) is 6.92 Å². The number of aliphatic carboxylic acids is 1. The van der Waals surface area contributed by atoms with Crippen LogP contribution in [0.4, 0.5) is 0 Å². The van der Waals surface area contributed by atoms with Crippen molar-refractivity contribution in [2.75, 3.05) is 0 Å². The number of hydrogen-bond acceptors (Lipinski definition) is 2. The molecule has 0 aromatic carbocycles. The summed E-state index contributed by atoms with van der Waals surface area (Å²) in [6, 6.07) is 0. The Labute approximate surface area is 52.9 Å². The van der Waals surface area contributed by atoms with Crippen molar-refractivity contribution in [3.05, 3.63) is 11.8 Å². The second kappa shape index (κ2) is 2.09. The summed E-state index contributed by atoms with van der Waals surface area (Å²) in [7, 11) is 0. The minimum atomic E-state index is -0.876. The molecule has 0 saturated carbocycles. The molecule has 1 heterocycles. The van der Waals surface area contributed by atoms with E-state index < -0.39 is 5.97 Å². The SMILES string of the molecule is CC1CC(C(=O)O)=CO1. The zero-order valence-corrected chi connectivity index (χ0v) is 5.13. The van der Waals surface area contributed by atoms with Crippen molar-refractivity contribution in [2.45, 2.75) is 19.4 Å². The van der Waals surface area contributed by atoms with Gasteiger partial charge in [0.2, 0.25) is 0 Å². The van der Waals surface area contributed by atoms with Crippen molar-refractivity contribution < 1.29 is 14.6 Å². The fourth-order valence-electron chi connectivity index (χ4n) is 0.742. The van der Waals surface area contributed by atoms with Crippen LogP contribution in [0.1, 0.15) is 13.3 Å². The van der Waals surface area contributed by atoms with Crippen LogP contribution in [0, 0.1) is 0 Å². The monoisotopic (exact) mass is 128 g/mol. The molecule has 1 rings (SSSR count). The molecule has 0 saturated heterocycles. The Morgan fingerprint density at radius 2 is 2.67 bits per heavy atom. The maximum absolute atomic E-state index is 10.2. The molecule has 3 nitrogen and oxygen atoms in total. The minimum Gasteiger partial charge on any atom is -0.497 e. The van der Waals surface area contributed by atoms with E-state index in [1.807, 2.05) is 6.92 Å². The summed E-state index contributed by atoms with van der Waals surface area (Å²) in [4.78, 5) is 10.2. The van der Waals surface area contributed by atoms with E-state index in [0.29, 0.717) is 12.0 Å². The first-order chi connectivity index (χ1) is 4.20. The van der Waals surface area contributed by atoms with Gasteiger partial charge in [-0.1, -0.05) is 0 Å². The van der Waals surface area contributed by atoms with Crippen LogP contribution >= 0.6 is 0 Å². The first-order valence-electron chi connectivity index (χ1n) is 2.78. The Hall–Kier alpha value is -0.990. The van der Waals surface area contributed by atoms with E-state index in [9.17, 15) is 4.79 Å². The zero-order chi connectivity index (χ0) is 6.85. The largest absolute Gasteiger partial charge is 0.497 e. The van der Waals surface area contributed by atoms with Crippen molar-refractivity contribution in [1.29, 1.82) is 0 Å². The predicted octanol–water partition coefficient (Wildman–Crippen LogP) is 0.764. The molecule has 1 atom stereocenters. The van der Waals surface area contributed by atoms with Gasteiger partial charge < -0.3 is 9.84 Å². The van der Waals surface area contributed by atoms with Crippen LogP contribution < -0.4 is 0 Å². The lowest BCUT2D eigenvalue weighted by Crippen LogP contribution is -2.01. The number of carbonyl (C=O) groups is 1. The second-order valence-electron chi connectivity index (χ2n) is 2.10. The van der Waals surface area contributed by atoms with E-state index >= 15 is 0 Å². The number of ether oxygens (including phenoxy) is 1. The Bertz CT molecular complexity index is 160. The molecule has 1 aliphatic heterocycles. The molecule has 50 valence electrons. The summed E-state index contributed by atoms with van der Waals surface area (Å²) >= 11 is 0. The Morgan fingerprint density at radius 3 is 2.89 bits per heavy atom. The lowest BCUT2D eigenvalue weighted by molar-refractivity contribution is -0.132. The Morgan fingerprint density at radius 1 is 2.00 bits per heavy atom. The van der Waals surface area contributed by atoms with Gasteiger partial charge >= 0.3 is 5.97 Å². The number of carboxylic acid groups (broad SMARTS) is 1. The molecule has 0 amide bonds. The number of rotatable bonds is 1. The van der Waals surface area contributed by atoms with E-state index in [0.717, 1.165) is 0 Å². The van der Waals surface area contributed by atoms with E-state index in [2.05, 4.69) is 0 Å². The van der Waals surface area contributed by atoms with Crippen LogP contribution in [-0.4, -0.2) is 17.2 Å². The summed E-state index contributed by atoms with van der Waals surface area (Å²) in [5, 5.41) is 8.38. The fourth-order valence-corrected chi connectivity index (χ4v) is 0.742. The molecule has 1 N–H and O–H groups in total. The van der Waals surface area contributed by atoms with Gasteiger partial charge in [0.05, 0.1) is 17.9 Å². The Balaban J connectivity index is 2.55. The molecule has 0 spiro atoms. The standard InChI is InChI=1S/C6H8O3/c1-4-2-5(3-9-4)6(7)8/h3-4H,2H2,1H3,(H,7,8). The summed E-state index contributed by atoms with van der Waals surface area (Å²) < 4.78 is 4.88. The molecule has 1 aliphatic rings. The van der Waals surface area contributed by atoms with Crippen LogP contribution in [0.5, 0.6) is 0 Å². The van der Waals surface area contributed by atoms with Gasteiger partial charge in [-0.2, -0.15) is 0 Å². The summed E-state index contributed by atoms with van der Waals surface area (Å²) in [6.07, 6.45) is 1.87. The molecule has 0 aromatic rings. The fraction of sp³-hybridized carbons (Fsp3) is 0.500. The van der Waals surface area contributed by atoms with Crippen molar-refractivity contribution in [3.8, 4) is 0 Å². The van der Waals surface area contributed by atoms with Crippen LogP contribution in [-0.2, 0) is 9.53 Å². The van der Waals surface area contributed by atoms with Crippen molar-refractivity contribution >= 4 is 5.97 Å². The van der Waals surface area contributed by atoms with Gasteiger partial charge in [-0.15, -0.1) is 0 Å². The summed E-state index contributed by atoms with van der Waals surface area (Å²) in [5.74, 6) is -0.876. The van der Waals surface area contributed by atoms with E-state index in [1.165, 1.54) is 6.26 Å². The highest BCUT2D eigenvalue weighted by molar-refractivity contribution is 5.86. The molecule has 3 heteroatoms. The summed E-state index contributed by atoms with van der Waals surface area (Å²) in [6.45, 7) is 1.84. The van der Waals surface area contributed by atoms with Gasteiger partial charge in [-0.3, -0.25) is 0 Å². The zero-order valence-electron chi connectivity index (χ0n) is 5.13. The van der Waals surface area contributed by atoms with Gasteiger partial charge in [0.1, 0.15) is 0 Å². The average Bonchev–Trinajstić information content (AvgIpc) is 2.14. The van der Waals surface area contributed by atoms with Crippen LogP contribution in [0.15, 0.2) is 11.8 Å². The molecule has 1 unspecified atom stereocenters. The minimum absolute atomic E-state index is 0.0381. The topological polar surface area (TPSA) is 46.5 Å². The molecule has 0 radical (unpaired) electrons. The molecule has 0 bridgehead atoms. The Kier molecular flexibility index (Phi) is 1.42.